The van der Waals surface area contributed by atoms with Gasteiger partial charge >= 0.3 is 5.63 Å². The number of aryl methyl sites for hydroxylation is 2. The van der Waals surface area contributed by atoms with E-state index in [1.165, 1.54) is 36.0 Å². The summed E-state index contributed by atoms with van der Waals surface area (Å²) in [5, 5.41) is 0.858. The number of hydrogen-bond acceptors (Lipinski definition) is 10. The lowest BCUT2D eigenvalue weighted by atomic mass is 9.92. The fourth-order valence-corrected chi connectivity index (χ4v) is 8.30. The molecule has 2 aliphatic heterocycles. The van der Waals surface area contributed by atoms with E-state index in [0.717, 1.165) is 47.4 Å². The van der Waals surface area contributed by atoms with Crippen LogP contribution in [0.3, 0.4) is 0 Å². The summed E-state index contributed by atoms with van der Waals surface area (Å²) in [6.07, 6.45) is 1.22. The molecule has 1 aliphatic carbocycles. The van der Waals surface area contributed by atoms with Crippen molar-refractivity contribution in [3.63, 3.8) is 0 Å². The Morgan fingerprint density at radius 3 is 2.47 bits per heavy atom. The van der Waals surface area contributed by atoms with Crippen LogP contribution >= 0.6 is 0 Å². The number of rotatable bonds is 8. The minimum Gasteiger partial charge on any atom is -0.422 e. The lowest BCUT2D eigenvalue weighted by Gasteiger charge is -2.41. The van der Waals surface area contributed by atoms with E-state index in [9.17, 15) is 22.8 Å². The maximum atomic E-state index is 16.1. The Kier molecular flexibility index (Phi) is 9.03. The van der Waals surface area contributed by atoms with Crippen molar-refractivity contribution in [2.45, 2.75) is 57.4 Å². The molecule has 1 N–H and O–H groups in total. The Morgan fingerprint density at radius 1 is 1.12 bits per heavy atom. The SMILES string of the molecule is COC[C@H]1CN(c2cc(C)c3c4c(c(=O)oc3c2C)CN(C(=O)c2ccc(C(=O)NS(=O)(=O)C3(C)CC3)c(N(C)C)c2F)CC4)CCN1C. The van der Waals surface area contributed by atoms with Crippen LogP contribution in [0, 0.1) is 19.7 Å². The first-order valence-corrected chi connectivity index (χ1v) is 18.0. The molecule has 0 unspecified atom stereocenters. The van der Waals surface area contributed by atoms with Crippen LogP contribution in [-0.4, -0.2) is 102 Å². The predicted molar refractivity (Wildman–Crippen MR) is 186 cm³/mol. The number of fused-ring (bicyclic) bond motifs is 3. The fraction of sp³-hybridized carbons (Fsp3) is 0.514. The van der Waals surface area contributed by atoms with Gasteiger partial charge in [-0.1, -0.05) is 0 Å². The van der Waals surface area contributed by atoms with Gasteiger partial charge in [0.2, 0.25) is 10.0 Å². The number of nitrogens with zero attached hydrogens (tertiary/aromatic N) is 4. The van der Waals surface area contributed by atoms with E-state index in [-0.39, 0.29) is 35.9 Å². The highest BCUT2D eigenvalue weighted by atomic mass is 32.2. The highest BCUT2D eigenvalue weighted by molar-refractivity contribution is 7.91. The average Bonchev–Trinajstić information content (AvgIpc) is 3.82. The number of sulfonamides is 1. The number of halogens is 1. The number of likely N-dealkylation sites (N-methyl/N-ethyl adjacent to an activating group) is 1. The van der Waals surface area contributed by atoms with Gasteiger partial charge in [-0.25, -0.2) is 22.3 Å². The van der Waals surface area contributed by atoms with Crippen molar-refractivity contribution in [3.8, 4) is 0 Å². The van der Waals surface area contributed by atoms with E-state index in [1.54, 1.807) is 14.0 Å². The molecule has 6 rings (SSSR count). The molecular formula is C35H44FN5O7S. The first-order valence-electron chi connectivity index (χ1n) is 16.5. The summed E-state index contributed by atoms with van der Waals surface area (Å²) >= 11 is 0. The van der Waals surface area contributed by atoms with E-state index in [2.05, 4.69) is 27.6 Å². The first kappa shape index (κ1) is 34.8. The summed E-state index contributed by atoms with van der Waals surface area (Å²) in [6.45, 7) is 8.76. The van der Waals surface area contributed by atoms with Gasteiger partial charge in [0.25, 0.3) is 11.8 Å². The quantitative estimate of drug-likeness (QED) is 0.350. The summed E-state index contributed by atoms with van der Waals surface area (Å²) in [6, 6.07) is 4.81. The minimum absolute atomic E-state index is 0.0698. The number of anilines is 2. The minimum atomic E-state index is -3.96. The molecule has 3 aromatic rings. The molecule has 1 saturated heterocycles. The topological polar surface area (TPSA) is 133 Å². The molecule has 0 spiro atoms. The number of carbonyl (C=O) groups is 2. The Balaban J connectivity index is 1.29. The highest BCUT2D eigenvalue weighted by Gasteiger charge is 2.51. The zero-order chi connectivity index (χ0) is 35.6. The van der Waals surface area contributed by atoms with E-state index in [0.29, 0.717) is 37.0 Å². The second-order valence-electron chi connectivity index (χ2n) is 14.0. The highest BCUT2D eigenvalue weighted by Crippen LogP contribution is 2.42. The van der Waals surface area contributed by atoms with Gasteiger partial charge in [-0.15, -0.1) is 0 Å². The largest absolute Gasteiger partial charge is 0.422 e. The van der Waals surface area contributed by atoms with Crippen molar-refractivity contribution >= 4 is 44.2 Å². The third kappa shape index (κ3) is 6.08. The zero-order valence-corrected chi connectivity index (χ0v) is 29.9. The average molecular weight is 698 g/mol. The smallest absolute Gasteiger partial charge is 0.341 e. The van der Waals surface area contributed by atoms with E-state index < -0.39 is 38.0 Å². The molecule has 1 saturated carbocycles. The molecule has 3 aliphatic rings. The van der Waals surface area contributed by atoms with Gasteiger partial charge in [-0.2, -0.15) is 0 Å². The number of nitrogens with one attached hydrogen (secondary N) is 1. The van der Waals surface area contributed by atoms with Crippen LogP contribution in [-0.2, 0) is 27.7 Å². The second-order valence-corrected chi connectivity index (χ2v) is 16.2. The number of amides is 2. The van der Waals surface area contributed by atoms with Gasteiger partial charge in [0.05, 0.1) is 46.3 Å². The van der Waals surface area contributed by atoms with Crippen molar-refractivity contribution in [2.75, 3.05) is 70.8 Å². The Morgan fingerprint density at radius 2 is 1.82 bits per heavy atom. The summed E-state index contributed by atoms with van der Waals surface area (Å²) in [5.74, 6) is -2.58. The number of piperazine rings is 1. The summed E-state index contributed by atoms with van der Waals surface area (Å²) < 4.78 is 53.9. The maximum Gasteiger partial charge on any atom is 0.341 e. The van der Waals surface area contributed by atoms with Crippen LogP contribution in [0.4, 0.5) is 15.8 Å². The monoisotopic (exact) mass is 697 g/mol. The van der Waals surface area contributed by atoms with Crippen molar-refractivity contribution in [1.29, 1.82) is 0 Å². The van der Waals surface area contributed by atoms with Crippen LogP contribution < -0.4 is 20.1 Å². The van der Waals surface area contributed by atoms with E-state index in [1.807, 2.05) is 13.8 Å². The predicted octanol–water partition coefficient (Wildman–Crippen LogP) is 3.19. The fourth-order valence-electron chi connectivity index (χ4n) is 7.06. The lowest BCUT2D eigenvalue weighted by Crippen LogP contribution is -2.53. The molecule has 1 aromatic heterocycles. The molecule has 12 nitrogen and oxygen atoms in total. The Bertz CT molecular complexity index is 2020. The van der Waals surface area contributed by atoms with Crippen LogP contribution in [0.2, 0.25) is 0 Å². The molecule has 0 bridgehead atoms. The van der Waals surface area contributed by atoms with Crippen LogP contribution in [0.5, 0.6) is 0 Å². The molecule has 3 heterocycles. The number of benzene rings is 2. The first-order chi connectivity index (χ1) is 23.1. The van der Waals surface area contributed by atoms with Crippen molar-refractivity contribution in [1.82, 2.24) is 14.5 Å². The number of ether oxygens (including phenoxy) is 1. The zero-order valence-electron chi connectivity index (χ0n) is 29.1. The van der Waals surface area contributed by atoms with Gasteiger partial charge in [0.15, 0.2) is 5.82 Å². The summed E-state index contributed by atoms with van der Waals surface area (Å²) in [4.78, 5) is 47.7. The number of hydrogen-bond donors (Lipinski definition) is 1. The molecule has 2 aromatic carbocycles. The molecule has 14 heteroatoms. The Hall–Kier alpha value is -4.01. The number of methoxy groups -OCH3 is 1. The Labute approximate surface area is 285 Å². The maximum absolute atomic E-state index is 16.1. The van der Waals surface area contributed by atoms with Gasteiger partial charge in [0, 0.05) is 64.0 Å². The third-order valence-electron chi connectivity index (χ3n) is 10.4. The van der Waals surface area contributed by atoms with Gasteiger partial charge < -0.3 is 23.9 Å². The molecule has 2 fully saturated rings. The van der Waals surface area contributed by atoms with Gasteiger partial charge in [-0.3, -0.25) is 14.5 Å². The van der Waals surface area contributed by atoms with Crippen molar-refractivity contribution < 1.29 is 31.6 Å². The van der Waals surface area contributed by atoms with Crippen LogP contribution in [0.1, 0.15) is 62.7 Å². The molecule has 1 atom stereocenters. The molecular weight excluding hydrogens is 653 g/mol. The van der Waals surface area contributed by atoms with Crippen LogP contribution in [0.25, 0.3) is 11.0 Å². The summed E-state index contributed by atoms with van der Waals surface area (Å²) in [5.41, 5.74) is 3.32. The second kappa shape index (κ2) is 12.7. The van der Waals surface area contributed by atoms with Crippen molar-refractivity contribution in [2.24, 2.45) is 0 Å². The normalized spacial score (nSPS) is 19.1. The molecule has 0 radical (unpaired) electrons. The molecule has 49 heavy (non-hydrogen) atoms. The van der Waals surface area contributed by atoms with E-state index in [4.69, 9.17) is 9.15 Å². The number of carbonyl (C=O) groups excluding carboxylic acids is 2. The summed E-state index contributed by atoms with van der Waals surface area (Å²) in [7, 11) is 2.84. The van der Waals surface area contributed by atoms with Gasteiger partial charge in [-0.05, 0) is 76.4 Å². The molecule has 2 amide bonds. The van der Waals surface area contributed by atoms with Gasteiger partial charge in [0.1, 0.15) is 5.58 Å². The van der Waals surface area contributed by atoms with Crippen LogP contribution in [0.15, 0.2) is 27.4 Å². The van der Waals surface area contributed by atoms with Crippen molar-refractivity contribution in [3.05, 3.63) is 67.8 Å². The standard InChI is InChI=1S/C35H44FN5O7S/c1-20-16-27(40-15-14-39(6)22(17-40)19-47-7)21(2)31-28(20)23-10-13-41(18-26(23)34(44)48-31)33(43)24-8-9-25(30(29(24)36)38(4)5)32(42)37-49(45,46)35(3)11-12-35/h8-9,16,22H,10-15,17-19H2,1-7H3,(H,37,42)/t22-/m1/s1. The third-order valence-corrected chi connectivity index (χ3v) is 12.6. The lowest BCUT2D eigenvalue weighted by molar-refractivity contribution is 0.0727. The molecule has 264 valence electrons. The van der Waals surface area contributed by atoms with E-state index >= 15 is 4.39 Å².